The van der Waals surface area contributed by atoms with Gasteiger partial charge in [-0.15, -0.1) is 0 Å². The van der Waals surface area contributed by atoms with Gasteiger partial charge >= 0.3 is 11.8 Å². The second-order valence-corrected chi connectivity index (χ2v) is 6.96. The molecule has 29 heavy (non-hydrogen) atoms. The van der Waals surface area contributed by atoms with Crippen LogP contribution in [0.2, 0.25) is 0 Å². The number of amides is 1. The van der Waals surface area contributed by atoms with Crippen LogP contribution in [0.15, 0.2) is 59.3 Å². The Morgan fingerprint density at radius 2 is 1.83 bits per heavy atom. The second-order valence-electron chi connectivity index (χ2n) is 6.96. The molecule has 0 spiro atoms. The van der Waals surface area contributed by atoms with Gasteiger partial charge in [-0.05, 0) is 41.8 Å². The average Bonchev–Trinajstić information content (AvgIpc) is 3.43. The Morgan fingerprint density at radius 3 is 2.62 bits per heavy atom. The normalized spacial score (nSPS) is 14.5. The quantitative estimate of drug-likeness (QED) is 0.580. The van der Waals surface area contributed by atoms with Gasteiger partial charge in [-0.25, -0.2) is 4.39 Å². The van der Waals surface area contributed by atoms with Gasteiger partial charge in [0.05, 0.1) is 0 Å². The third-order valence-electron chi connectivity index (χ3n) is 5.18. The molecule has 3 heterocycles. The Bertz CT molecular complexity index is 1160. The van der Waals surface area contributed by atoms with Crippen molar-refractivity contribution in [3.8, 4) is 11.4 Å². The highest BCUT2D eigenvalue weighted by molar-refractivity contribution is 5.90. The molecular formula is C21H18FN5O2. The van der Waals surface area contributed by atoms with Crippen LogP contribution in [0.5, 0.6) is 0 Å². The molecule has 4 aromatic rings. The zero-order valence-electron chi connectivity index (χ0n) is 15.5. The van der Waals surface area contributed by atoms with E-state index in [1.54, 1.807) is 17.0 Å². The van der Waals surface area contributed by atoms with E-state index in [9.17, 15) is 9.18 Å². The number of hydrogen-bond acceptors (Lipinski definition) is 5. The van der Waals surface area contributed by atoms with Gasteiger partial charge in [0.2, 0.25) is 5.82 Å². The van der Waals surface area contributed by atoms with Crippen molar-refractivity contribution in [2.45, 2.75) is 0 Å². The maximum atomic E-state index is 13.1. The van der Waals surface area contributed by atoms with Gasteiger partial charge in [0.15, 0.2) is 0 Å². The molecule has 0 radical (unpaired) electrons. The summed E-state index contributed by atoms with van der Waals surface area (Å²) in [6.45, 7) is 2.37. The van der Waals surface area contributed by atoms with Gasteiger partial charge < -0.3 is 19.3 Å². The summed E-state index contributed by atoms with van der Waals surface area (Å²) in [5.74, 6) is -0.162. The van der Waals surface area contributed by atoms with Crippen molar-refractivity contribution < 1.29 is 13.7 Å². The molecule has 0 bridgehead atoms. The molecule has 8 heteroatoms. The van der Waals surface area contributed by atoms with Gasteiger partial charge in [-0.2, -0.15) is 4.98 Å². The number of nitrogens with zero attached hydrogens (tertiary/aromatic N) is 4. The molecule has 5 rings (SSSR count). The molecule has 1 aliphatic rings. The van der Waals surface area contributed by atoms with Gasteiger partial charge in [0, 0.05) is 49.1 Å². The first kappa shape index (κ1) is 17.4. The molecule has 2 aromatic carbocycles. The molecule has 0 saturated carbocycles. The molecule has 0 unspecified atom stereocenters. The first-order chi connectivity index (χ1) is 14.2. The number of benzene rings is 2. The third-order valence-corrected chi connectivity index (χ3v) is 5.18. The van der Waals surface area contributed by atoms with E-state index in [2.05, 4.69) is 20.0 Å². The number of anilines is 1. The number of aromatic amines is 1. The van der Waals surface area contributed by atoms with Crippen molar-refractivity contribution in [3.63, 3.8) is 0 Å². The van der Waals surface area contributed by atoms with Crippen LogP contribution in [0.25, 0.3) is 22.3 Å². The van der Waals surface area contributed by atoms with Crippen molar-refractivity contribution in [1.29, 1.82) is 0 Å². The average molecular weight is 391 g/mol. The number of H-pyrrole nitrogens is 1. The van der Waals surface area contributed by atoms with Crippen molar-refractivity contribution in [3.05, 3.63) is 66.4 Å². The lowest BCUT2D eigenvalue weighted by molar-refractivity contribution is 0.0696. The molecule has 0 atom stereocenters. The van der Waals surface area contributed by atoms with Gasteiger partial charge in [-0.1, -0.05) is 17.3 Å². The number of halogens is 1. The Balaban J connectivity index is 1.27. The number of piperazine rings is 1. The summed E-state index contributed by atoms with van der Waals surface area (Å²) >= 11 is 0. The lowest BCUT2D eigenvalue weighted by Crippen LogP contribution is -2.48. The van der Waals surface area contributed by atoms with Crippen LogP contribution < -0.4 is 4.90 Å². The summed E-state index contributed by atoms with van der Waals surface area (Å²) in [5.41, 5.74) is 2.69. The van der Waals surface area contributed by atoms with Crippen LogP contribution in [-0.4, -0.2) is 52.1 Å². The van der Waals surface area contributed by atoms with E-state index in [-0.39, 0.29) is 17.6 Å². The fourth-order valence-corrected chi connectivity index (χ4v) is 3.57. The fraction of sp³-hybridized carbons (Fsp3) is 0.190. The van der Waals surface area contributed by atoms with Crippen LogP contribution in [0, 0.1) is 5.82 Å². The van der Waals surface area contributed by atoms with Gasteiger partial charge in [0.25, 0.3) is 0 Å². The lowest BCUT2D eigenvalue weighted by atomic mass is 10.1. The van der Waals surface area contributed by atoms with Crippen molar-refractivity contribution in [1.82, 2.24) is 20.0 Å². The predicted molar refractivity (Wildman–Crippen MR) is 106 cm³/mol. The van der Waals surface area contributed by atoms with Crippen molar-refractivity contribution >= 4 is 22.5 Å². The van der Waals surface area contributed by atoms with E-state index in [0.29, 0.717) is 32.0 Å². The molecule has 1 amide bonds. The lowest BCUT2D eigenvalue weighted by Gasteiger charge is -2.35. The van der Waals surface area contributed by atoms with Gasteiger partial charge in [-0.3, -0.25) is 4.79 Å². The highest BCUT2D eigenvalue weighted by atomic mass is 19.1. The summed E-state index contributed by atoms with van der Waals surface area (Å²) in [6.07, 6.45) is 1.87. The third kappa shape index (κ3) is 3.33. The zero-order valence-corrected chi connectivity index (χ0v) is 15.5. The molecule has 146 valence electrons. The highest BCUT2D eigenvalue weighted by Gasteiger charge is 2.26. The van der Waals surface area contributed by atoms with Crippen LogP contribution in [0.1, 0.15) is 10.7 Å². The van der Waals surface area contributed by atoms with Crippen LogP contribution in [0.4, 0.5) is 10.1 Å². The summed E-state index contributed by atoms with van der Waals surface area (Å²) < 4.78 is 18.3. The van der Waals surface area contributed by atoms with Crippen LogP contribution in [0.3, 0.4) is 0 Å². The number of fused-ring (bicyclic) bond motifs is 1. The first-order valence-electron chi connectivity index (χ1n) is 9.38. The number of hydrogen-bond donors (Lipinski definition) is 1. The van der Waals surface area contributed by atoms with E-state index in [1.165, 1.54) is 12.1 Å². The smallest absolute Gasteiger partial charge is 0.316 e. The molecule has 1 N–H and O–H groups in total. The summed E-state index contributed by atoms with van der Waals surface area (Å²) in [7, 11) is 0. The fourth-order valence-electron chi connectivity index (χ4n) is 3.57. The van der Waals surface area contributed by atoms with Crippen LogP contribution in [-0.2, 0) is 0 Å². The van der Waals surface area contributed by atoms with E-state index < -0.39 is 0 Å². The molecule has 7 nitrogen and oxygen atoms in total. The Morgan fingerprint density at radius 1 is 1.03 bits per heavy atom. The summed E-state index contributed by atoms with van der Waals surface area (Å²) in [6, 6.07) is 14.2. The number of nitrogens with one attached hydrogen (secondary N) is 1. The highest BCUT2D eigenvalue weighted by Crippen LogP contribution is 2.22. The van der Waals surface area contributed by atoms with E-state index in [4.69, 9.17) is 4.52 Å². The number of carbonyl (C=O) groups is 1. The minimum Gasteiger partial charge on any atom is -0.368 e. The second kappa shape index (κ2) is 7.05. The molecule has 1 saturated heterocycles. The Kier molecular flexibility index (Phi) is 4.23. The minimum atomic E-state index is -0.275. The Labute approximate surface area is 165 Å². The van der Waals surface area contributed by atoms with E-state index in [0.717, 1.165) is 22.2 Å². The largest absolute Gasteiger partial charge is 0.368 e. The number of aromatic nitrogens is 3. The molecule has 2 aromatic heterocycles. The molecule has 1 fully saturated rings. The maximum absolute atomic E-state index is 13.1. The molecular weight excluding hydrogens is 373 g/mol. The number of carbonyl (C=O) groups excluding carboxylic acids is 1. The summed E-state index contributed by atoms with van der Waals surface area (Å²) in [5, 5.41) is 5.06. The SMILES string of the molecule is O=C(c1nc(-c2ccc3cc[nH]c3c2)no1)N1CCN(c2ccc(F)cc2)CC1. The topological polar surface area (TPSA) is 78.3 Å². The minimum absolute atomic E-state index is 0.0122. The van der Waals surface area contributed by atoms with E-state index in [1.807, 2.05) is 30.5 Å². The number of rotatable bonds is 3. The molecule has 1 aliphatic heterocycles. The van der Waals surface area contributed by atoms with Crippen LogP contribution >= 0.6 is 0 Å². The first-order valence-corrected chi connectivity index (χ1v) is 9.38. The zero-order chi connectivity index (χ0) is 19.8. The van der Waals surface area contributed by atoms with E-state index >= 15 is 0 Å². The standard InChI is InChI=1S/C21H18FN5O2/c22-16-3-5-17(6-4-16)26-9-11-27(12-10-26)21(28)20-24-19(25-29-20)15-2-1-14-7-8-23-18(14)13-15/h1-8,13,23H,9-12H2. The maximum Gasteiger partial charge on any atom is 0.316 e. The van der Waals surface area contributed by atoms with Gasteiger partial charge in [0.1, 0.15) is 5.82 Å². The summed E-state index contributed by atoms with van der Waals surface area (Å²) in [4.78, 5) is 24.0. The van der Waals surface area contributed by atoms with Crippen molar-refractivity contribution in [2.75, 3.05) is 31.1 Å². The predicted octanol–water partition coefficient (Wildman–Crippen LogP) is 3.32. The van der Waals surface area contributed by atoms with Crippen molar-refractivity contribution in [2.24, 2.45) is 0 Å². The Hall–Kier alpha value is -3.68. The monoisotopic (exact) mass is 391 g/mol. The molecule has 0 aliphatic carbocycles.